The van der Waals surface area contributed by atoms with Crippen LogP contribution in [0.15, 0.2) is 18.2 Å². The molecule has 4 heteroatoms. The predicted octanol–water partition coefficient (Wildman–Crippen LogP) is 3.65. The van der Waals surface area contributed by atoms with Gasteiger partial charge in [-0.05, 0) is 56.2 Å². The molecule has 1 aliphatic rings. The van der Waals surface area contributed by atoms with Crippen LogP contribution >= 0.6 is 0 Å². The molecule has 0 heterocycles. The number of hydrogen-bond donors (Lipinski definition) is 1. The summed E-state index contributed by atoms with van der Waals surface area (Å²) in [4.78, 5) is 11.7. The van der Waals surface area contributed by atoms with E-state index in [1.807, 2.05) is 0 Å². The van der Waals surface area contributed by atoms with Crippen LogP contribution in [-0.4, -0.2) is 18.7 Å². The maximum Gasteiger partial charge on any atom is 0.338 e. The molecule has 116 valence electrons. The van der Waals surface area contributed by atoms with Gasteiger partial charge in [0, 0.05) is 0 Å². The van der Waals surface area contributed by atoms with E-state index in [-0.39, 0.29) is 12.1 Å². The van der Waals surface area contributed by atoms with Crippen molar-refractivity contribution in [1.82, 2.24) is 0 Å². The summed E-state index contributed by atoms with van der Waals surface area (Å²) in [5.74, 6) is 1.67. The fraction of sp³-hybridized carbons (Fsp3) is 0.588. The molecule has 0 spiro atoms. The van der Waals surface area contributed by atoms with Crippen LogP contribution in [0.2, 0.25) is 0 Å². The number of rotatable bonds is 4. The Morgan fingerprint density at radius 3 is 2.48 bits per heavy atom. The lowest BCUT2D eigenvalue weighted by atomic mass is 9.82. The molecule has 2 atom stereocenters. The molecule has 2 N–H and O–H groups in total. The topological polar surface area (TPSA) is 61.5 Å². The van der Waals surface area contributed by atoms with E-state index < -0.39 is 0 Å². The van der Waals surface area contributed by atoms with E-state index in [0.29, 0.717) is 35.4 Å². The number of carbonyl (C=O) groups excluding carboxylic acids is 1. The number of esters is 1. The van der Waals surface area contributed by atoms with Crippen molar-refractivity contribution in [2.45, 2.75) is 46.1 Å². The Hall–Kier alpha value is -1.71. The van der Waals surface area contributed by atoms with E-state index in [0.717, 1.165) is 12.8 Å². The molecule has 0 aromatic heterocycles. The summed E-state index contributed by atoms with van der Waals surface area (Å²) in [6, 6.07) is 5.11. The summed E-state index contributed by atoms with van der Waals surface area (Å²) in [7, 11) is 0. The van der Waals surface area contributed by atoms with Crippen LogP contribution in [0.3, 0.4) is 0 Å². The molecule has 0 aliphatic heterocycles. The van der Waals surface area contributed by atoms with Crippen molar-refractivity contribution in [2.24, 2.45) is 11.8 Å². The van der Waals surface area contributed by atoms with Crippen LogP contribution in [0.1, 0.15) is 50.4 Å². The van der Waals surface area contributed by atoms with E-state index in [9.17, 15) is 4.79 Å². The number of hydrogen-bond acceptors (Lipinski definition) is 4. The molecule has 1 aromatic carbocycles. The Morgan fingerprint density at radius 2 is 1.90 bits per heavy atom. The standard InChI is InChI=1S/C17H25NO3/c1-4-20-17(19)13-5-6-16(15(18)10-13)21-14-8-11(2)7-12(3)9-14/h5-6,10-12,14H,4,7-9,18H2,1-3H3. The van der Waals surface area contributed by atoms with Gasteiger partial charge in [0.25, 0.3) is 0 Å². The van der Waals surface area contributed by atoms with E-state index in [1.165, 1.54) is 6.42 Å². The first-order valence-corrected chi connectivity index (χ1v) is 7.72. The van der Waals surface area contributed by atoms with Crippen molar-refractivity contribution >= 4 is 11.7 Å². The maximum absolute atomic E-state index is 11.7. The van der Waals surface area contributed by atoms with Crippen molar-refractivity contribution in [3.8, 4) is 5.75 Å². The summed E-state index contributed by atoms with van der Waals surface area (Å²) in [6.45, 7) is 6.66. The van der Waals surface area contributed by atoms with Crippen molar-refractivity contribution in [3.63, 3.8) is 0 Å². The molecular weight excluding hydrogens is 266 g/mol. The van der Waals surface area contributed by atoms with Gasteiger partial charge in [0.1, 0.15) is 5.75 Å². The normalized spacial score (nSPS) is 25.4. The summed E-state index contributed by atoms with van der Waals surface area (Å²) in [5.41, 5.74) is 6.97. The van der Waals surface area contributed by atoms with Gasteiger partial charge in [-0.3, -0.25) is 0 Å². The van der Waals surface area contributed by atoms with Crippen LogP contribution in [0, 0.1) is 11.8 Å². The van der Waals surface area contributed by atoms with E-state index >= 15 is 0 Å². The van der Waals surface area contributed by atoms with Gasteiger partial charge in [-0.1, -0.05) is 13.8 Å². The Morgan fingerprint density at radius 1 is 1.24 bits per heavy atom. The Bertz CT molecular complexity index is 491. The summed E-state index contributed by atoms with van der Waals surface area (Å²) in [5, 5.41) is 0. The van der Waals surface area contributed by atoms with Gasteiger partial charge >= 0.3 is 5.97 Å². The van der Waals surface area contributed by atoms with Gasteiger partial charge in [0.2, 0.25) is 0 Å². The predicted molar refractivity (Wildman–Crippen MR) is 83.4 cm³/mol. The maximum atomic E-state index is 11.7. The highest BCUT2D eigenvalue weighted by Crippen LogP contribution is 2.33. The second-order valence-corrected chi connectivity index (χ2v) is 6.13. The Labute approximate surface area is 126 Å². The summed E-state index contributed by atoms with van der Waals surface area (Å²) < 4.78 is 11.0. The molecule has 0 bridgehead atoms. The molecule has 4 nitrogen and oxygen atoms in total. The first-order valence-electron chi connectivity index (χ1n) is 7.72. The SMILES string of the molecule is CCOC(=O)c1ccc(OC2CC(C)CC(C)C2)c(N)c1. The smallest absolute Gasteiger partial charge is 0.338 e. The van der Waals surface area contributed by atoms with Crippen LogP contribution in [0.25, 0.3) is 0 Å². The summed E-state index contributed by atoms with van der Waals surface area (Å²) >= 11 is 0. The van der Waals surface area contributed by atoms with Crippen LogP contribution in [0.4, 0.5) is 5.69 Å². The summed E-state index contributed by atoms with van der Waals surface area (Å²) in [6.07, 6.45) is 3.59. The fourth-order valence-corrected chi connectivity index (χ4v) is 3.15. The van der Waals surface area contributed by atoms with Crippen molar-refractivity contribution in [2.75, 3.05) is 12.3 Å². The van der Waals surface area contributed by atoms with Gasteiger partial charge in [0.05, 0.1) is 24.0 Å². The highest BCUT2D eigenvalue weighted by Gasteiger charge is 2.25. The zero-order valence-electron chi connectivity index (χ0n) is 13.1. The number of nitrogen functional groups attached to an aromatic ring is 1. The van der Waals surface area contributed by atoms with E-state index in [1.54, 1.807) is 25.1 Å². The quantitative estimate of drug-likeness (QED) is 0.679. The Kier molecular flexibility index (Phi) is 5.10. The minimum absolute atomic E-state index is 0.208. The van der Waals surface area contributed by atoms with E-state index in [2.05, 4.69) is 13.8 Å². The Balaban J connectivity index is 2.05. The molecule has 0 amide bonds. The van der Waals surface area contributed by atoms with Gasteiger partial charge in [-0.25, -0.2) is 4.79 Å². The van der Waals surface area contributed by atoms with Crippen LogP contribution in [0.5, 0.6) is 5.75 Å². The minimum atomic E-state index is -0.351. The molecule has 21 heavy (non-hydrogen) atoms. The van der Waals surface area contributed by atoms with Crippen molar-refractivity contribution in [1.29, 1.82) is 0 Å². The lowest BCUT2D eigenvalue weighted by molar-refractivity contribution is 0.0526. The van der Waals surface area contributed by atoms with Gasteiger partial charge < -0.3 is 15.2 Å². The number of carbonyl (C=O) groups is 1. The van der Waals surface area contributed by atoms with Gasteiger partial charge in [0.15, 0.2) is 0 Å². The van der Waals surface area contributed by atoms with Crippen LogP contribution < -0.4 is 10.5 Å². The molecule has 1 aromatic rings. The lowest BCUT2D eigenvalue weighted by Crippen LogP contribution is -2.28. The largest absolute Gasteiger partial charge is 0.488 e. The second kappa shape index (κ2) is 6.83. The number of ether oxygens (including phenoxy) is 2. The second-order valence-electron chi connectivity index (χ2n) is 6.13. The average molecular weight is 291 g/mol. The molecule has 2 unspecified atom stereocenters. The third-order valence-electron chi connectivity index (χ3n) is 3.95. The molecule has 0 radical (unpaired) electrons. The lowest BCUT2D eigenvalue weighted by Gasteiger charge is -2.32. The van der Waals surface area contributed by atoms with Crippen molar-refractivity contribution < 1.29 is 14.3 Å². The van der Waals surface area contributed by atoms with Gasteiger partial charge in [-0.2, -0.15) is 0 Å². The highest BCUT2D eigenvalue weighted by molar-refractivity contribution is 5.91. The first kappa shape index (κ1) is 15.7. The molecule has 1 saturated carbocycles. The molecule has 1 aliphatic carbocycles. The monoisotopic (exact) mass is 291 g/mol. The zero-order valence-corrected chi connectivity index (χ0v) is 13.1. The number of benzene rings is 1. The van der Waals surface area contributed by atoms with E-state index in [4.69, 9.17) is 15.2 Å². The van der Waals surface area contributed by atoms with Gasteiger partial charge in [-0.15, -0.1) is 0 Å². The number of nitrogens with two attached hydrogens (primary N) is 1. The molecular formula is C17H25NO3. The highest BCUT2D eigenvalue weighted by atomic mass is 16.5. The molecule has 2 rings (SSSR count). The number of anilines is 1. The first-order chi connectivity index (χ1) is 9.99. The molecule has 1 fully saturated rings. The average Bonchev–Trinajstić information content (AvgIpc) is 2.40. The third kappa shape index (κ3) is 4.13. The zero-order chi connectivity index (χ0) is 15.4. The molecule has 0 saturated heterocycles. The van der Waals surface area contributed by atoms with Crippen LogP contribution in [-0.2, 0) is 4.74 Å². The third-order valence-corrected chi connectivity index (χ3v) is 3.95. The minimum Gasteiger partial charge on any atom is -0.488 e. The fourth-order valence-electron chi connectivity index (χ4n) is 3.15. The van der Waals surface area contributed by atoms with Crippen molar-refractivity contribution in [3.05, 3.63) is 23.8 Å².